The number of benzene rings is 2. The molecule has 134 valence electrons. The van der Waals surface area contributed by atoms with Crippen LogP contribution >= 0.6 is 39.3 Å². The van der Waals surface area contributed by atoms with E-state index in [0.29, 0.717) is 21.9 Å². The fraction of sp³-hybridized carbons (Fsp3) is 0.118. The van der Waals surface area contributed by atoms with Crippen molar-refractivity contribution < 1.29 is 0 Å². The molecule has 26 heavy (non-hydrogen) atoms. The maximum Gasteiger partial charge on any atom is 0.264 e. The van der Waals surface area contributed by atoms with Gasteiger partial charge in [-0.2, -0.15) is 5.10 Å². The van der Waals surface area contributed by atoms with Crippen molar-refractivity contribution in [2.75, 3.05) is 11.3 Å². The van der Waals surface area contributed by atoms with Gasteiger partial charge in [-0.1, -0.05) is 63.6 Å². The minimum absolute atomic E-state index is 0.375. The van der Waals surface area contributed by atoms with Crippen LogP contribution in [0.2, 0.25) is 5.02 Å². The molecule has 3 aromatic rings. The molecule has 0 spiro atoms. The van der Waals surface area contributed by atoms with Gasteiger partial charge in [-0.05, 0) is 42.3 Å². The van der Waals surface area contributed by atoms with Crippen molar-refractivity contribution in [2.24, 2.45) is 5.10 Å². The van der Waals surface area contributed by atoms with Crippen LogP contribution < -0.4 is 11.3 Å². The predicted molar refractivity (Wildman–Crippen MR) is 111 cm³/mol. The van der Waals surface area contributed by atoms with Gasteiger partial charge in [0.25, 0.3) is 5.95 Å². The first-order valence-electron chi connectivity index (χ1n) is 7.67. The Morgan fingerprint density at radius 3 is 2.58 bits per heavy atom. The van der Waals surface area contributed by atoms with E-state index in [0.717, 1.165) is 21.3 Å². The van der Waals surface area contributed by atoms with E-state index in [2.05, 4.69) is 36.7 Å². The number of hydrogen-bond donors (Lipinski definition) is 2. The normalized spacial score (nSPS) is 11.6. The van der Waals surface area contributed by atoms with Gasteiger partial charge in [-0.25, -0.2) is 10.1 Å². The molecule has 1 heterocycles. The molecule has 1 aromatic heterocycles. The molecule has 0 aliphatic rings. The lowest BCUT2D eigenvalue weighted by Gasteiger charge is -2.05. The zero-order valence-electron chi connectivity index (χ0n) is 13.9. The van der Waals surface area contributed by atoms with Crippen LogP contribution in [0.4, 0.5) is 5.95 Å². The van der Waals surface area contributed by atoms with E-state index in [1.165, 1.54) is 16.4 Å². The van der Waals surface area contributed by atoms with Gasteiger partial charge in [0.15, 0.2) is 0 Å². The van der Waals surface area contributed by atoms with Crippen molar-refractivity contribution in [3.63, 3.8) is 0 Å². The molecule has 0 saturated carbocycles. The van der Waals surface area contributed by atoms with E-state index in [4.69, 9.17) is 17.4 Å². The number of nitrogens with two attached hydrogens (primary N) is 1. The van der Waals surface area contributed by atoms with Crippen molar-refractivity contribution in [3.05, 3.63) is 69.2 Å². The highest BCUT2D eigenvalue weighted by Crippen LogP contribution is 2.22. The van der Waals surface area contributed by atoms with Crippen LogP contribution in [0, 0.1) is 0 Å². The average Bonchev–Trinajstić information content (AvgIpc) is 3.00. The summed E-state index contributed by atoms with van der Waals surface area (Å²) in [6.45, 7) is 1.91. The molecule has 0 atom stereocenters. The van der Waals surface area contributed by atoms with Crippen molar-refractivity contribution in [1.29, 1.82) is 0 Å². The van der Waals surface area contributed by atoms with Gasteiger partial charge < -0.3 is 5.84 Å². The van der Waals surface area contributed by atoms with Crippen LogP contribution in [-0.2, 0) is 5.75 Å². The summed E-state index contributed by atoms with van der Waals surface area (Å²) in [5.41, 5.74) is 5.80. The van der Waals surface area contributed by atoms with Crippen molar-refractivity contribution in [3.8, 4) is 0 Å². The van der Waals surface area contributed by atoms with Gasteiger partial charge in [0.1, 0.15) is 0 Å². The van der Waals surface area contributed by atoms with Crippen LogP contribution in [0.15, 0.2) is 63.3 Å². The summed E-state index contributed by atoms with van der Waals surface area (Å²) in [6.07, 6.45) is 0. The summed E-state index contributed by atoms with van der Waals surface area (Å²) in [7, 11) is 0. The van der Waals surface area contributed by atoms with E-state index in [1.54, 1.807) is 0 Å². The van der Waals surface area contributed by atoms with E-state index in [-0.39, 0.29) is 0 Å². The quantitative estimate of drug-likeness (QED) is 0.249. The number of nitrogens with zero attached hydrogens (tertiary/aromatic N) is 4. The first-order valence-corrected chi connectivity index (χ1v) is 9.82. The summed E-state index contributed by atoms with van der Waals surface area (Å²) >= 11 is 10.8. The summed E-state index contributed by atoms with van der Waals surface area (Å²) < 4.78 is 2.41. The van der Waals surface area contributed by atoms with Gasteiger partial charge in [0, 0.05) is 15.2 Å². The Labute approximate surface area is 168 Å². The summed E-state index contributed by atoms with van der Waals surface area (Å²) in [4.78, 5) is 0. The molecule has 3 rings (SSSR count). The Kier molecular flexibility index (Phi) is 6.18. The van der Waals surface area contributed by atoms with Gasteiger partial charge >= 0.3 is 0 Å². The number of nitrogen functional groups attached to an aromatic ring is 1. The van der Waals surface area contributed by atoms with Crippen LogP contribution in [-0.4, -0.2) is 20.6 Å². The first kappa shape index (κ1) is 18.8. The molecular formula is C17H16BrClN6S. The standard InChI is InChI=1S/C17H16BrClN6S/c1-11(13-4-6-14(18)7-5-13)21-22-16-23-24-17(25(16)20)26-10-12-2-8-15(19)9-3-12/h2-9H,10,20H2,1H3,(H,22,23)/b21-11+. The smallest absolute Gasteiger partial charge is 0.264 e. The molecule has 0 radical (unpaired) electrons. The Morgan fingerprint density at radius 1 is 1.19 bits per heavy atom. The van der Waals surface area contributed by atoms with Crippen LogP contribution in [0.25, 0.3) is 0 Å². The number of rotatable bonds is 6. The van der Waals surface area contributed by atoms with Gasteiger partial charge in [-0.3, -0.25) is 0 Å². The average molecular weight is 452 g/mol. The largest absolute Gasteiger partial charge is 0.334 e. The SMILES string of the molecule is C/C(=N\Nc1nnc(SCc2ccc(Cl)cc2)n1N)c1ccc(Br)cc1. The minimum atomic E-state index is 0.375. The second-order valence-electron chi connectivity index (χ2n) is 5.41. The maximum atomic E-state index is 6.05. The van der Waals surface area contributed by atoms with Gasteiger partial charge in [0.2, 0.25) is 5.16 Å². The number of halogens is 2. The molecule has 0 aliphatic heterocycles. The Morgan fingerprint density at radius 2 is 1.88 bits per heavy atom. The lowest BCUT2D eigenvalue weighted by atomic mass is 10.1. The number of aromatic nitrogens is 3. The molecule has 0 amide bonds. The van der Waals surface area contributed by atoms with E-state index in [1.807, 2.05) is 55.5 Å². The number of hydrazone groups is 1. The highest BCUT2D eigenvalue weighted by molar-refractivity contribution is 9.10. The number of anilines is 1. The second-order valence-corrected chi connectivity index (χ2v) is 7.70. The molecule has 0 saturated heterocycles. The third-order valence-electron chi connectivity index (χ3n) is 3.53. The van der Waals surface area contributed by atoms with Crippen molar-refractivity contribution in [1.82, 2.24) is 14.9 Å². The molecule has 6 nitrogen and oxygen atoms in total. The second kappa shape index (κ2) is 8.57. The molecular weight excluding hydrogens is 436 g/mol. The zero-order chi connectivity index (χ0) is 18.5. The molecule has 9 heteroatoms. The molecule has 0 aliphatic carbocycles. The fourth-order valence-electron chi connectivity index (χ4n) is 2.07. The third kappa shape index (κ3) is 4.78. The molecule has 0 unspecified atom stereocenters. The van der Waals surface area contributed by atoms with Crippen LogP contribution in [0.5, 0.6) is 0 Å². The monoisotopic (exact) mass is 450 g/mol. The van der Waals surface area contributed by atoms with Crippen LogP contribution in [0.1, 0.15) is 18.1 Å². The number of hydrogen-bond acceptors (Lipinski definition) is 6. The Balaban J connectivity index is 1.63. The van der Waals surface area contributed by atoms with Gasteiger partial charge in [-0.15, -0.1) is 10.2 Å². The number of thioether (sulfide) groups is 1. The Bertz CT molecular complexity index is 908. The zero-order valence-corrected chi connectivity index (χ0v) is 17.0. The number of nitrogens with one attached hydrogen (secondary N) is 1. The van der Waals surface area contributed by atoms with E-state index in [9.17, 15) is 0 Å². The molecule has 3 N–H and O–H groups in total. The van der Waals surface area contributed by atoms with Crippen molar-refractivity contribution in [2.45, 2.75) is 17.8 Å². The lowest BCUT2D eigenvalue weighted by molar-refractivity contribution is 0.846. The topological polar surface area (TPSA) is 81.1 Å². The highest BCUT2D eigenvalue weighted by Gasteiger charge is 2.10. The summed E-state index contributed by atoms with van der Waals surface area (Å²) in [5.74, 6) is 7.14. The Hall–Kier alpha value is -2.03. The third-order valence-corrected chi connectivity index (χ3v) is 5.33. The first-order chi connectivity index (χ1) is 12.5. The fourth-order valence-corrected chi connectivity index (χ4v) is 3.27. The summed E-state index contributed by atoms with van der Waals surface area (Å²) in [5, 5.41) is 13.8. The van der Waals surface area contributed by atoms with Crippen molar-refractivity contribution >= 4 is 51.0 Å². The molecule has 0 bridgehead atoms. The molecule has 2 aromatic carbocycles. The lowest BCUT2D eigenvalue weighted by Crippen LogP contribution is -2.13. The maximum absolute atomic E-state index is 6.05. The highest BCUT2D eigenvalue weighted by atomic mass is 79.9. The summed E-state index contributed by atoms with van der Waals surface area (Å²) in [6, 6.07) is 15.5. The predicted octanol–water partition coefficient (Wildman–Crippen LogP) is 4.54. The van der Waals surface area contributed by atoms with E-state index < -0.39 is 0 Å². The van der Waals surface area contributed by atoms with Gasteiger partial charge in [0.05, 0.1) is 5.71 Å². The van der Waals surface area contributed by atoms with E-state index >= 15 is 0 Å². The minimum Gasteiger partial charge on any atom is -0.334 e. The molecule has 0 fully saturated rings. The van der Waals surface area contributed by atoms with Crippen LogP contribution in [0.3, 0.4) is 0 Å².